The van der Waals surface area contributed by atoms with Gasteiger partial charge in [-0.05, 0) is 12.8 Å². The van der Waals surface area contributed by atoms with Gasteiger partial charge in [0.2, 0.25) is 0 Å². The van der Waals surface area contributed by atoms with Gasteiger partial charge < -0.3 is 15.4 Å². The first kappa shape index (κ1) is 17.9. The Kier molecular flexibility index (Phi) is 20.2. The molecule has 0 aromatic rings. The van der Waals surface area contributed by atoms with Crippen molar-refractivity contribution in [2.45, 2.75) is 45.4 Å². The van der Waals surface area contributed by atoms with Crippen LogP contribution in [0.15, 0.2) is 0 Å². The summed E-state index contributed by atoms with van der Waals surface area (Å²) in [5.41, 5.74) is 0. The van der Waals surface area contributed by atoms with Gasteiger partial charge in [-0.1, -0.05) is 32.6 Å². The Morgan fingerprint density at radius 1 is 1.17 bits per heavy atom. The quantitative estimate of drug-likeness (QED) is 0.450. The normalized spacial score (nSPS) is 8.08. The van der Waals surface area contributed by atoms with Gasteiger partial charge in [0.05, 0.1) is 0 Å². The van der Waals surface area contributed by atoms with Crippen molar-refractivity contribution in [2.75, 3.05) is 0 Å². The van der Waals surface area contributed by atoms with Crippen LogP contribution in [0.1, 0.15) is 45.4 Å². The molecule has 3 nitrogen and oxygen atoms in total. The van der Waals surface area contributed by atoms with E-state index in [9.17, 15) is 9.90 Å². The van der Waals surface area contributed by atoms with Crippen molar-refractivity contribution in [3.8, 4) is 0 Å². The summed E-state index contributed by atoms with van der Waals surface area (Å²) in [5.74, 6) is -0.920. The minimum Gasteiger partial charge on any atom is -0.870 e. The largest absolute Gasteiger partial charge is 2.00 e. The zero-order valence-corrected chi connectivity index (χ0v) is 8.74. The summed E-state index contributed by atoms with van der Waals surface area (Å²) in [6.07, 6.45) is 5.61. The second kappa shape index (κ2) is 13.5. The Bertz CT molecular complexity index is 96.3. The summed E-state index contributed by atoms with van der Waals surface area (Å²) in [4.78, 5) is 9.92. The van der Waals surface area contributed by atoms with Gasteiger partial charge in [0.25, 0.3) is 0 Å². The van der Waals surface area contributed by atoms with Crippen LogP contribution in [0.2, 0.25) is 0 Å². The maximum atomic E-state index is 9.92. The zero-order valence-electron chi connectivity index (χ0n) is 7.58. The van der Waals surface area contributed by atoms with E-state index in [1.165, 1.54) is 12.8 Å². The molecule has 0 bridgehead atoms. The van der Waals surface area contributed by atoms with Gasteiger partial charge in [-0.15, -0.1) is 0 Å². The molecule has 0 aliphatic rings. The Balaban J connectivity index is -0.000000405. The van der Waals surface area contributed by atoms with Crippen LogP contribution < -0.4 is 5.11 Å². The molecule has 0 saturated carbocycles. The third-order valence-corrected chi connectivity index (χ3v) is 1.48. The molecule has 0 amide bonds. The van der Waals surface area contributed by atoms with Crippen LogP contribution in [0, 0.1) is 0 Å². The summed E-state index contributed by atoms with van der Waals surface area (Å²) in [6.45, 7) is 2.14. The molecule has 0 rings (SSSR count). The van der Waals surface area contributed by atoms with Crippen LogP contribution in [0.5, 0.6) is 0 Å². The molecule has 0 aliphatic carbocycles. The summed E-state index contributed by atoms with van der Waals surface area (Å²) in [5, 5.41) is 9.92. The molecule has 0 aromatic heterocycles. The van der Waals surface area contributed by atoms with Gasteiger partial charge in [-0.3, -0.25) is 0 Å². The number of hydrogen-bond acceptors (Lipinski definition) is 3. The smallest absolute Gasteiger partial charge is 0.870 e. The fourth-order valence-electron chi connectivity index (χ4n) is 0.873. The number of carbonyl (C=O) groups is 1. The molecule has 12 heavy (non-hydrogen) atoms. The van der Waals surface area contributed by atoms with Crippen molar-refractivity contribution in [1.82, 2.24) is 0 Å². The van der Waals surface area contributed by atoms with Crippen LogP contribution in [-0.4, -0.2) is 28.8 Å². The van der Waals surface area contributed by atoms with Crippen LogP contribution >= 0.6 is 0 Å². The maximum Gasteiger partial charge on any atom is 2.00 e. The van der Waals surface area contributed by atoms with E-state index in [1.54, 1.807) is 0 Å². The number of carboxylic acids is 1. The third kappa shape index (κ3) is 16.5. The van der Waals surface area contributed by atoms with E-state index in [2.05, 4.69) is 6.92 Å². The average Bonchev–Trinajstić information content (AvgIpc) is 1.87. The first-order valence-electron chi connectivity index (χ1n) is 3.97. The molecule has 0 fully saturated rings. The first-order chi connectivity index (χ1) is 4.77. The number of carboxylic acid groups (broad SMARTS) is 1. The fourth-order valence-corrected chi connectivity index (χ4v) is 0.873. The molecular formula is C8H16AlO3. The first-order valence-corrected chi connectivity index (χ1v) is 3.97. The minimum absolute atomic E-state index is 0. The van der Waals surface area contributed by atoms with E-state index in [4.69, 9.17) is 0 Å². The van der Waals surface area contributed by atoms with Crippen molar-refractivity contribution in [3.63, 3.8) is 0 Å². The predicted octanol–water partition coefficient (Wildman–Crippen LogP) is 0.539. The zero-order chi connectivity index (χ0) is 7.82. The average molecular weight is 187 g/mol. The molecule has 0 heterocycles. The van der Waals surface area contributed by atoms with Gasteiger partial charge in [0.15, 0.2) is 0 Å². The monoisotopic (exact) mass is 187 g/mol. The second-order valence-corrected chi connectivity index (χ2v) is 2.54. The maximum absolute atomic E-state index is 9.92. The van der Waals surface area contributed by atoms with E-state index < -0.39 is 5.97 Å². The van der Waals surface area contributed by atoms with Crippen LogP contribution in [-0.2, 0) is 4.79 Å². The molecule has 0 unspecified atom stereocenters. The van der Waals surface area contributed by atoms with Crippen molar-refractivity contribution in [3.05, 3.63) is 0 Å². The number of rotatable bonds is 6. The standard InChI is InChI=1S/C8H16O2.Al.H2O/c1-2-3-4-5-6-7-8(9)10;;/h2-7H2,1H3,(H,9,10);;1H2/q;+2;/p-2. The Hall–Kier alpha value is -0.0375. The van der Waals surface area contributed by atoms with Gasteiger partial charge in [0, 0.05) is 5.97 Å². The third-order valence-electron chi connectivity index (χ3n) is 1.48. The fraction of sp³-hybridized carbons (Fsp3) is 0.875. The molecule has 4 heteroatoms. The minimum atomic E-state index is -0.920. The molecule has 0 aromatic carbocycles. The Morgan fingerprint density at radius 3 is 2.08 bits per heavy atom. The van der Waals surface area contributed by atoms with Crippen molar-refractivity contribution >= 4 is 23.3 Å². The van der Waals surface area contributed by atoms with Crippen LogP contribution in [0.4, 0.5) is 0 Å². The SMILES string of the molecule is CCCCCCCC(=O)[O-].[Al+2].[OH-]. The van der Waals surface area contributed by atoms with Crippen molar-refractivity contribution < 1.29 is 15.4 Å². The van der Waals surface area contributed by atoms with Gasteiger partial charge in [0.1, 0.15) is 0 Å². The molecule has 0 atom stereocenters. The van der Waals surface area contributed by atoms with Gasteiger partial charge in [-0.2, -0.15) is 0 Å². The second-order valence-electron chi connectivity index (χ2n) is 2.54. The molecule has 0 spiro atoms. The van der Waals surface area contributed by atoms with E-state index in [-0.39, 0.29) is 29.3 Å². The van der Waals surface area contributed by atoms with Crippen molar-refractivity contribution in [1.29, 1.82) is 0 Å². The van der Waals surface area contributed by atoms with Gasteiger partial charge in [-0.25, -0.2) is 0 Å². The predicted molar refractivity (Wildman–Crippen MR) is 46.1 cm³/mol. The van der Waals surface area contributed by atoms with Crippen molar-refractivity contribution in [2.24, 2.45) is 0 Å². The summed E-state index contributed by atoms with van der Waals surface area (Å²) >= 11 is 0. The Morgan fingerprint density at radius 2 is 1.67 bits per heavy atom. The summed E-state index contributed by atoms with van der Waals surface area (Å²) in [7, 11) is 0. The molecule has 69 valence electrons. The van der Waals surface area contributed by atoms with E-state index in [0.717, 1.165) is 19.3 Å². The number of carbonyl (C=O) groups excluding carboxylic acids is 1. The Labute approximate surface area is 84.6 Å². The topological polar surface area (TPSA) is 70.1 Å². The molecule has 0 saturated heterocycles. The van der Waals surface area contributed by atoms with E-state index in [0.29, 0.717) is 0 Å². The van der Waals surface area contributed by atoms with Gasteiger partial charge >= 0.3 is 17.4 Å². The van der Waals surface area contributed by atoms with Crippen LogP contribution in [0.25, 0.3) is 0 Å². The molecule has 1 radical (unpaired) electrons. The summed E-state index contributed by atoms with van der Waals surface area (Å²) in [6, 6.07) is 0. The molecule has 0 aliphatic heterocycles. The number of aliphatic carboxylic acids is 1. The van der Waals surface area contributed by atoms with E-state index in [1.807, 2.05) is 0 Å². The molecule has 1 N–H and O–H groups in total. The number of hydrogen-bond donors (Lipinski definition) is 0. The number of unbranched alkanes of at least 4 members (excludes halogenated alkanes) is 4. The van der Waals surface area contributed by atoms with E-state index >= 15 is 0 Å². The molecular weight excluding hydrogens is 171 g/mol. The summed E-state index contributed by atoms with van der Waals surface area (Å²) < 4.78 is 0. The van der Waals surface area contributed by atoms with Crippen LogP contribution in [0.3, 0.4) is 0 Å².